The molecular formula is C7H7F5OS. The zero-order chi connectivity index (χ0) is 11.3. The van der Waals surface area contributed by atoms with Crippen LogP contribution in [0.15, 0.2) is 23.1 Å². The lowest BCUT2D eigenvalue weighted by Crippen LogP contribution is -2.05. The summed E-state index contributed by atoms with van der Waals surface area (Å²) in [6.07, 6.45) is 0. The van der Waals surface area contributed by atoms with Crippen LogP contribution in [0.1, 0.15) is 5.56 Å². The number of phenols is 1. The van der Waals surface area contributed by atoms with E-state index in [4.69, 9.17) is 5.11 Å². The SMILES string of the molecule is Cc1ccc(S(F)(F)(F)(F)F)cc1O. The summed E-state index contributed by atoms with van der Waals surface area (Å²) in [5.41, 5.74) is 0.107. The molecule has 0 saturated heterocycles. The average Bonchev–Trinajstić information content (AvgIpc) is 1.89. The second-order valence-electron chi connectivity index (χ2n) is 2.92. The minimum atomic E-state index is -9.65. The third-order valence-corrected chi connectivity index (χ3v) is 2.77. The molecule has 0 aliphatic rings. The zero-order valence-electron chi connectivity index (χ0n) is 6.98. The third kappa shape index (κ3) is 2.28. The second-order valence-corrected chi connectivity index (χ2v) is 5.33. The molecule has 14 heavy (non-hydrogen) atoms. The standard InChI is InChI=1S/C7H7F5OS/c1-5-2-3-6(4-7(5)13)14(8,9,10,11)12/h2-4,13H,1H3. The van der Waals surface area contributed by atoms with Gasteiger partial charge in [-0.15, -0.1) is 0 Å². The first kappa shape index (κ1) is 11.1. The number of halogens is 5. The van der Waals surface area contributed by atoms with Gasteiger partial charge in [-0.2, -0.15) is 0 Å². The van der Waals surface area contributed by atoms with E-state index in [2.05, 4.69) is 0 Å². The monoisotopic (exact) mass is 234 g/mol. The molecule has 0 unspecified atom stereocenters. The minimum absolute atomic E-state index is 0.0386. The Kier molecular flexibility index (Phi) is 1.71. The van der Waals surface area contributed by atoms with E-state index in [1.54, 1.807) is 0 Å². The van der Waals surface area contributed by atoms with E-state index < -0.39 is 20.9 Å². The predicted molar refractivity (Wildman–Crippen MR) is 44.2 cm³/mol. The molecule has 0 aliphatic heterocycles. The molecule has 1 rings (SSSR count). The summed E-state index contributed by atoms with van der Waals surface area (Å²) in [6, 6.07) is 1.09. The maximum absolute atomic E-state index is 12.1. The smallest absolute Gasteiger partial charge is 0.310 e. The van der Waals surface area contributed by atoms with E-state index in [1.165, 1.54) is 6.92 Å². The number of phenolic OH excluding ortho intramolecular Hbond substituents is 1. The van der Waals surface area contributed by atoms with Crippen molar-refractivity contribution in [1.82, 2.24) is 0 Å². The number of benzene rings is 1. The van der Waals surface area contributed by atoms with Crippen LogP contribution < -0.4 is 0 Å². The first-order chi connectivity index (χ1) is 5.90. The van der Waals surface area contributed by atoms with Crippen LogP contribution in [-0.2, 0) is 0 Å². The lowest BCUT2D eigenvalue weighted by Gasteiger charge is -2.40. The van der Waals surface area contributed by atoms with Gasteiger partial charge >= 0.3 is 10.2 Å². The Bertz CT molecular complexity index is 382. The van der Waals surface area contributed by atoms with Crippen molar-refractivity contribution >= 4 is 10.2 Å². The maximum Gasteiger partial charge on any atom is 0.310 e. The molecule has 1 aromatic carbocycles. The van der Waals surface area contributed by atoms with Crippen LogP contribution in [0, 0.1) is 6.92 Å². The molecule has 0 spiro atoms. The zero-order valence-corrected chi connectivity index (χ0v) is 7.79. The van der Waals surface area contributed by atoms with Crippen LogP contribution in [0.2, 0.25) is 0 Å². The summed E-state index contributed by atoms with van der Waals surface area (Å²) in [5, 5.41) is 8.88. The average molecular weight is 234 g/mol. The highest BCUT2D eigenvalue weighted by Crippen LogP contribution is 3.02. The van der Waals surface area contributed by atoms with Crippen molar-refractivity contribution in [3.05, 3.63) is 23.8 Å². The highest BCUT2D eigenvalue weighted by atomic mass is 32.5. The van der Waals surface area contributed by atoms with Crippen molar-refractivity contribution in [2.45, 2.75) is 11.8 Å². The van der Waals surface area contributed by atoms with Gasteiger partial charge in [-0.25, -0.2) is 0 Å². The molecule has 0 radical (unpaired) electrons. The normalized spacial score (nSPS) is 17.3. The van der Waals surface area contributed by atoms with Crippen molar-refractivity contribution in [3.63, 3.8) is 0 Å². The van der Waals surface area contributed by atoms with Crippen LogP contribution >= 0.6 is 10.2 Å². The topological polar surface area (TPSA) is 20.2 Å². The van der Waals surface area contributed by atoms with Crippen molar-refractivity contribution < 1.29 is 24.5 Å². The first-order valence-corrected chi connectivity index (χ1v) is 5.39. The van der Waals surface area contributed by atoms with Gasteiger partial charge in [0.15, 0.2) is 0 Å². The van der Waals surface area contributed by atoms with Gasteiger partial charge in [0.25, 0.3) is 0 Å². The summed E-state index contributed by atoms with van der Waals surface area (Å²) in [6.45, 7) is 1.31. The molecule has 0 atom stereocenters. The molecule has 1 nitrogen and oxygen atoms in total. The fourth-order valence-electron chi connectivity index (χ4n) is 0.829. The summed E-state index contributed by atoms with van der Waals surface area (Å²) in [4.78, 5) is -2.08. The lowest BCUT2D eigenvalue weighted by molar-refractivity contribution is 0.362. The van der Waals surface area contributed by atoms with Gasteiger partial charge in [0, 0.05) is 6.07 Å². The largest absolute Gasteiger partial charge is 0.508 e. The summed E-state index contributed by atoms with van der Waals surface area (Å²) < 4.78 is 60.7. The Balaban J connectivity index is 3.45. The van der Waals surface area contributed by atoms with Crippen molar-refractivity contribution in [1.29, 1.82) is 0 Å². The van der Waals surface area contributed by atoms with Gasteiger partial charge in [0.2, 0.25) is 0 Å². The Morgan fingerprint density at radius 1 is 1.07 bits per heavy atom. The van der Waals surface area contributed by atoms with Crippen molar-refractivity contribution in [2.75, 3.05) is 0 Å². The molecule has 0 aliphatic carbocycles. The number of hydrogen-bond acceptors (Lipinski definition) is 1. The Labute approximate surface area is 76.9 Å². The van der Waals surface area contributed by atoms with E-state index >= 15 is 0 Å². The Morgan fingerprint density at radius 2 is 1.57 bits per heavy atom. The Hall–Kier alpha value is -0.980. The first-order valence-electron chi connectivity index (χ1n) is 3.44. The maximum atomic E-state index is 12.1. The molecule has 0 saturated carbocycles. The van der Waals surface area contributed by atoms with E-state index in [0.29, 0.717) is 0 Å². The quantitative estimate of drug-likeness (QED) is 0.716. The van der Waals surface area contributed by atoms with Gasteiger partial charge in [-0.3, -0.25) is 0 Å². The summed E-state index contributed by atoms with van der Waals surface area (Å²) in [7, 11) is -9.65. The minimum Gasteiger partial charge on any atom is -0.508 e. The fourth-order valence-corrected chi connectivity index (χ4v) is 1.49. The number of hydrogen-bond donors (Lipinski definition) is 1. The molecule has 0 heterocycles. The molecule has 1 N–H and O–H groups in total. The molecule has 0 fully saturated rings. The number of rotatable bonds is 1. The predicted octanol–water partition coefficient (Wildman–Crippen LogP) is 4.36. The van der Waals surface area contributed by atoms with Gasteiger partial charge in [-0.05, 0) is 18.6 Å². The van der Waals surface area contributed by atoms with Crippen LogP contribution in [0.3, 0.4) is 0 Å². The molecule has 7 heteroatoms. The number of aryl methyl sites for hydroxylation is 1. The third-order valence-electron chi connectivity index (χ3n) is 1.63. The van der Waals surface area contributed by atoms with Gasteiger partial charge in [0.05, 0.1) is 0 Å². The van der Waals surface area contributed by atoms with Gasteiger partial charge < -0.3 is 5.11 Å². The highest BCUT2D eigenvalue weighted by Gasteiger charge is 2.65. The number of aromatic hydroxyl groups is 1. The molecule has 82 valence electrons. The summed E-state index contributed by atoms with van der Waals surface area (Å²) >= 11 is 0. The molecule has 1 aromatic rings. The van der Waals surface area contributed by atoms with Crippen LogP contribution in [0.25, 0.3) is 0 Å². The van der Waals surface area contributed by atoms with E-state index in [9.17, 15) is 19.4 Å². The van der Waals surface area contributed by atoms with Gasteiger partial charge in [0.1, 0.15) is 10.6 Å². The molecular weight excluding hydrogens is 227 g/mol. The van der Waals surface area contributed by atoms with E-state index in [1.807, 2.05) is 0 Å². The Morgan fingerprint density at radius 3 is 1.93 bits per heavy atom. The highest BCUT2D eigenvalue weighted by molar-refractivity contribution is 8.45. The fraction of sp³-hybridized carbons (Fsp3) is 0.143. The molecule has 0 bridgehead atoms. The van der Waals surface area contributed by atoms with E-state index in [-0.39, 0.29) is 17.7 Å². The molecule has 0 amide bonds. The van der Waals surface area contributed by atoms with Crippen LogP contribution in [0.5, 0.6) is 5.75 Å². The van der Waals surface area contributed by atoms with E-state index in [0.717, 1.165) is 6.07 Å². The summed E-state index contributed by atoms with van der Waals surface area (Å²) in [5.74, 6) is -0.796. The van der Waals surface area contributed by atoms with Crippen LogP contribution in [-0.4, -0.2) is 5.11 Å². The van der Waals surface area contributed by atoms with Crippen molar-refractivity contribution in [2.24, 2.45) is 0 Å². The molecule has 0 aromatic heterocycles. The lowest BCUT2D eigenvalue weighted by atomic mass is 10.2. The van der Waals surface area contributed by atoms with Crippen molar-refractivity contribution in [3.8, 4) is 5.75 Å². The second kappa shape index (κ2) is 2.16. The van der Waals surface area contributed by atoms with Crippen LogP contribution in [0.4, 0.5) is 19.4 Å². The van der Waals surface area contributed by atoms with Gasteiger partial charge in [-0.1, -0.05) is 25.5 Å².